The molecule has 106 valence electrons. The second-order valence-corrected chi connectivity index (χ2v) is 4.48. The lowest BCUT2D eigenvalue weighted by Crippen LogP contribution is -2.33. The molecule has 1 aromatic rings. The van der Waals surface area contributed by atoms with E-state index in [2.05, 4.69) is 5.32 Å². The van der Waals surface area contributed by atoms with Crippen LogP contribution in [0.4, 0.5) is 0 Å². The maximum absolute atomic E-state index is 6.39. The summed E-state index contributed by atoms with van der Waals surface area (Å²) >= 11 is 6.39. The van der Waals surface area contributed by atoms with Crippen LogP contribution in [0.5, 0.6) is 17.2 Å². The summed E-state index contributed by atoms with van der Waals surface area (Å²) in [5.74, 6) is 1.71. The van der Waals surface area contributed by atoms with Crippen LogP contribution in [0.2, 0.25) is 5.02 Å². The summed E-state index contributed by atoms with van der Waals surface area (Å²) in [6.45, 7) is 2.13. The summed E-state index contributed by atoms with van der Waals surface area (Å²) in [5, 5.41) is 3.76. The van der Waals surface area contributed by atoms with Crippen LogP contribution in [-0.4, -0.2) is 41.0 Å². The molecule has 0 spiro atoms. The third kappa shape index (κ3) is 2.73. The molecule has 6 heteroatoms. The number of hydrogen-bond acceptors (Lipinski definition) is 5. The van der Waals surface area contributed by atoms with Gasteiger partial charge in [0.25, 0.3) is 0 Å². The van der Waals surface area contributed by atoms with Crippen LogP contribution >= 0.6 is 11.6 Å². The van der Waals surface area contributed by atoms with Crippen LogP contribution in [0.3, 0.4) is 0 Å². The molecule has 1 heterocycles. The zero-order valence-corrected chi connectivity index (χ0v) is 12.0. The van der Waals surface area contributed by atoms with E-state index in [0.717, 1.165) is 12.1 Å². The third-order valence-electron chi connectivity index (χ3n) is 3.08. The van der Waals surface area contributed by atoms with Crippen molar-refractivity contribution in [2.45, 2.75) is 6.10 Å². The van der Waals surface area contributed by atoms with Crippen molar-refractivity contribution in [3.05, 3.63) is 16.7 Å². The molecule has 1 N–H and O–H groups in total. The molecule has 0 aliphatic carbocycles. The zero-order chi connectivity index (χ0) is 13.8. The quantitative estimate of drug-likeness (QED) is 0.918. The Morgan fingerprint density at radius 1 is 1.21 bits per heavy atom. The number of methoxy groups -OCH3 is 3. The van der Waals surface area contributed by atoms with Crippen molar-refractivity contribution in [1.29, 1.82) is 0 Å². The molecule has 2 rings (SSSR count). The van der Waals surface area contributed by atoms with Crippen molar-refractivity contribution in [2.75, 3.05) is 41.0 Å². The van der Waals surface area contributed by atoms with Gasteiger partial charge in [0.05, 0.1) is 38.5 Å². The van der Waals surface area contributed by atoms with Crippen LogP contribution in [0.1, 0.15) is 11.7 Å². The molecule has 1 aliphatic rings. The van der Waals surface area contributed by atoms with Crippen molar-refractivity contribution in [3.63, 3.8) is 0 Å². The molecule has 1 aromatic carbocycles. The van der Waals surface area contributed by atoms with Crippen molar-refractivity contribution in [3.8, 4) is 17.2 Å². The molecule has 1 unspecified atom stereocenters. The second kappa shape index (κ2) is 6.32. The number of benzene rings is 1. The molecule has 5 nitrogen and oxygen atoms in total. The van der Waals surface area contributed by atoms with Gasteiger partial charge in [-0.25, -0.2) is 0 Å². The molecule has 0 amide bonds. The summed E-state index contributed by atoms with van der Waals surface area (Å²) in [6, 6.07) is 1.71. The first-order valence-electron chi connectivity index (χ1n) is 6.03. The molecule has 0 radical (unpaired) electrons. The van der Waals surface area contributed by atoms with E-state index in [0.29, 0.717) is 35.4 Å². The molecular formula is C13H18ClNO4. The van der Waals surface area contributed by atoms with E-state index in [4.69, 9.17) is 30.5 Å². The number of ether oxygens (including phenoxy) is 4. The predicted molar refractivity (Wildman–Crippen MR) is 72.7 cm³/mol. The number of hydrogen-bond donors (Lipinski definition) is 1. The van der Waals surface area contributed by atoms with Crippen LogP contribution in [0.15, 0.2) is 6.07 Å². The topological polar surface area (TPSA) is 49.0 Å². The van der Waals surface area contributed by atoms with Gasteiger partial charge in [-0.15, -0.1) is 0 Å². The summed E-state index contributed by atoms with van der Waals surface area (Å²) in [6.07, 6.45) is -0.180. The third-order valence-corrected chi connectivity index (χ3v) is 3.47. The summed E-state index contributed by atoms with van der Waals surface area (Å²) in [5.41, 5.74) is 0.757. The minimum Gasteiger partial charge on any atom is -0.495 e. The zero-order valence-electron chi connectivity index (χ0n) is 11.3. The van der Waals surface area contributed by atoms with E-state index in [1.807, 2.05) is 0 Å². The SMILES string of the molecule is COc1cc(OC)c(OC)c(C2CNCCO2)c1Cl. The van der Waals surface area contributed by atoms with E-state index >= 15 is 0 Å². The van der Waals surface area contributed by atoms with Crippen LogP contribution in [0.25, 0.3) is 0 Å². The summed E-state index contributed by atoms with van der Waals surface area (Å²) in [4.78, 5) is 0. The first-order valence-corrected chi connectivity index (χ1v) is 6.41. The van der Waals surface area contributed by atoms with Gasteiger partial charge in [0.1, 0.15) is 11.9 Å². The van der Waals surface area contributed by atoms with E-state index in [9.17, 15) is 0 Å². The Kier molecular flexibility index (Phi) is 4.74. The molecule has 1 fully saturated rings. The van der Waals surface area contributed by atoms with Crippen LogP contribution in [-0.2, 0) is 4.74 Å². The van der Waals surface area contributed by atoms with E-state index in [-0.39, 0.29) is 6.10 Å². The van der Waals surface area contributed by atoms with Gasteiger partial charge in [0.2, 0.25) is 0 Å². The van der Waals surface area contributed by atoms with Crippen LogP contribution in [0, 0.1) is 0 Å². The van der Waals surface area contributed by atoms with Gasteiger partial charge in [0.15, 0.2) is 11.5 Å². The van der Waals surface area contributed by atoms with Crippen molar-refractivity contribution >= 4 is 11.6 Å². The normalized spacial score (nSPS) is 19.1. The first-order chi connectivity index (χ1) is 9.22. The van der Waals surface area contributed by atoms with Gasteiger partial charge in [-0.05, 0) is 0 Å². The molecule has 1 saturated heterocycles. The van der Waals surface area contributed by atoms with Crippen molar-refractivity contribution in [2.24, 2.45) is 0 Å². The number of nitrogens with one attached hydrogen (secondary N) is 1. The van der Waals surface area contributed by atoms with Crippen LogP contribution < -0.4 is 19.5 Å². The minimum atomic E-state index is -0.180. The summed E-state index contributed by atoms with van der Waals surface area (Å²) in [7, 11) is 4.73. The van der Waals surface area contributed by atoms with Gasteiger partial charge in [-0.1, -0.05) is 11.6 Å². The Labute approximate surface area is 117 Å². The Morgan fingerprint density at radius 3 is 2.47 bits per heavy atom. The highest BCUT2D eigenvalue weighted by Crippen LogP contribution is 2.46. The number of halogens is 1. The van der Waals surface area contributed by atoms with Gasteiger partial charge in [-0.3, -0.25) is 0 Å². The fraction of sp³-hybridized carbons (Fsp3) is 0.538. The largest absolute Gasteiger partial charge is 0.495 e. The average molecular weight is 288 g/mol. The highest BCUT2D eigenvalue weighted by atomic mass is 35.5. The summed E-state index contributed by atoms with van der Waals surface area (Å²) < 4.78 is 21.8. The Balaban J connectivity index is 2.53. The van der Waals surface area contributed by atoms with E-state index < -0.39 is 0 Å². The van der Waals surface area contributed by atoms with E-state index in [1.165, 1.54) is 0 Å². The monoisotopic (exact) mass is 287 g/mol. The Bertz CT molecular complexity index is 447. The molecule has 1 aliphatic heterocycles. The van der Waals surface area contributed by atoms with Crippen molar-refractivity contribution < 1.29 is 18.9 Å². The first kappa shape index (κ1) is 14.2. The molecule has 1 atom stereocenters. The fourth-order valence-corrected chi connectivity index (χ4v) is 2.50. The highest BCUT2D eigenvalue weighted by Gasteiger charge is 2.27. The fourth-order valence-electron chi connectivity index (χ4n) is 2.16. The average Bonchev–Trinajstić information content (AvgIpc) is 2.47. The maximum Gasteiger partial charge on any atom is 0.168 e. The molecular weight excluding hydrogens is 270 g/mol. The van der Waals surface area contributed by atoms with Gasteiger partial charge in [-0.2, -0.15) is 0 Å². The standard InChI is InChI=1S/C13H18ClNO4/c1-16-8-6-9(17-2)13(18-3)11(12(8)14)10-7-15-4-5-19-10/h6,10,15H,4-5,7H2,1-3H3. The Morgan fingerprint density at radius 2 is 1.95 bits per heavy atom. The molecule has 0 bridgehead atoms. The number of morpholine rings is 1. The highest BCUT2D eigenvalue weighted by molar-refractivity contribution is 6.33. The number of rotatable bonds is 4. The van der Waals surface area contributed by atoms with Gasteiger partial charge in [0, 0.05) is 19.2 Å². The van der Waals surface area contributed by atoms with E-state index in [1.54, 1.807) is 27.4 Å². The minimum absolute atomic E-state index is 0.180. The van der Waals surface area contributed by atoms with Gasteiger partial charge < -0.3 is 24.3 Å². The lowest BCUT2D eigenvalue weighted by Gasteiger charge is -2.27. The van der Waals surface area contributed by atoms with Gasteiger partial charge >= 0.3 is 0 Å². The second-order valence-electron chi connectivity index (χ2n) is 4.11. The maximum atomic E-state index is 6.39. The smallest absolute Gasteiger partial charge is 0.168 e. The lowest BCUT2D eigenvalue weighted by molar-refractivity contribution is 0.0260. The predicted octanol–water partition coefficient (Wildman–Crippen LogP) is 2.03. The molecule has 19 heavy (non-hydrogen) atoms. The van der Waals surface area contributed by atoms with Crippen molar-refractivity contribution in [1.82, 2.24) is 5.32 Å². The molecule has 0 aromatic heterocycles. The molecule has 0 saturated carbocycles. The Hall–Kier alpha value is -1.17. The lowest BCUT2D eigenvalue weighted by atomic mass is 10.1.